The molecule has 4 heteroatoms. The van der Waals surface area contributed by atoms with E-state index in [1.807, 2.05) is 31.2 Å². The Balaban J connectivity index is 2.58. The van der Waals surface area contributed by atoms with Gasteiger partial charge in [0.05, 0.1) is 5.69 Å². The Morgan fingerprint density at radius 1 is 1.20 bits per heavy atom. The molecule has 0 aliphatic heterocycles. The molecule has 2 aromatic rings. The first-order valence-corrected chi connectivity index (χ1v) is 5.17. The minimum absolute atomic E-state index is 0.246. The molecule has 1 heterocycles. The second kappa shape index (κ2) is 4.17. The van der Waals surface area contributed by atoms with Crippen LogP contribution in [0.15, 0.2) is 30.5 Å². The van der Waals surface area contributed by atoms with E-state index >= 15 is 0 Å². The third-order valence-corrected chi connectivity index (χ3v) is 2.46. The van der Waals surface area contributed by atoms with Crippen LogP contribution >= 0.6 is 23.2 Å². The molecule has 0 bridgehead atoms. The Labute approximate surface area is 97.9 Å². The zero-order valence-electron chi connectivity index (χ0n) is 8.04. The van der Waals surface area contributed by atoms with Gasteiger partial charge in [0.1, 0.15) is 0 Å². The Morgan fingerprint density at radius 2 is 2.00 bits per heavy atom. The van der Waals surface area contributed by atoms with Gasteiger partial charge in [-0.3, -0.25) is 0 Å². The van der Waals surface area contributed by atoms with E-state index in [1.54, 1.807) is 6.20 Å². The Bertz CT molecular complexity index is 498. The molecular weight excluding hydrogens is 231 g/mol. The number of aromatic nitrogens is 2. The van der Waals surface area contributed by atoms with Crippen LogP contribution < -0.4 is 0 Å². The summed E-state index contributed by atoms with van der Waals surface area (Å²) in [6.45, 7) is 1.94. The Kier molecular flexibility index (Phi) is 2.89. The molecular formula is C11H8Cl2N2. The van der Waals surface area contributed by atoms with E-state index in [0.717, 1.165) is 16.8 Å². The molecule has 1 aromatic carbocycles. The van der Waals surface area contributed by atoms with Gasteiger partial charge in [-0.1, -0.05) is 23.7 Å². The van der Waals surface area contributed by atoms with Crippen LogP contribution in [-0.4, -0.2) is 9.97 Å². The number of nitrogens with zero attached hydrogens (tertiary/aromatic N) is 2. The summed E-state index contributed by atoms with van der Waals surface area (Å²) in [7, 11) is 0. The van der Waals surface area contributed by atoms with Gasteiger partial charge in [-0.2, -0.15) is 0 Å². The van der Waals surface area contributed by atoms with Gasteiger partial charge in [-0.15, -0.1) is 0 Å². The molecule has 0 unspecified atom stereocenters. The van der Waals surface area contributed by atoms with E-state index in [1.165, 1.54) is 0 Å². The van der Waals surface area contributed by atoms with Crippen molar-refractivity contribution >= 4 is 23.2 Å². The van der Waals surface area contributed by atoms with Gasteiger partial charge >= 0.3 is 0 Å². The van der Waals surface area contributed by atoms with Crippen LogP contribution in [-0.2, 0) is 0 Å². The van der Waals surface area contributed by atoms with E-state index in [9.17, 15) is 0 Å². The van der Waals surface area contributed by atoms with Gasteiger partial charge in [0.15, 0.2) is 0 Å². The fraction of sp³-hybridized carbons (Fsp3) is 0.0909. The maximum atomic E-state index is 5.91. The molecule has 0 amide bonds. The predicted octanol–water partition coefficient (Wildman–Crippen LogP) is 3.76. The quantitative estimate of drug-likeness (QED) is 0.708. The molecule has 0 fully saturated rings. The van der Waals surface area contributed by atoms with Crippen LogP contribution in [0.1, 0.15) is 5.56 Å². The van der Waals surface area contributed by atoms with Crippen LogP contribution in [0.3, 0.4) is 0 Å². The third kappa shape index (κ3) is 2.28. The van der Waals surface area contributed by atoms with E-state index in [4.69, 9.17) is 23.2 Å². The molecule has 1 aromatic heterocycles. The molecule has 0 saturated carbocycles. The summed E-state index contributed by atoms with van der Waals surface area (Å²) in [4.78, 5) is 8.09. The highest BCUT2D eigenvalue weighted by molar-refractivity contribution is 6.30. The average molecular weight is 239 g/mol. The van der Waals surface area contributed by atoms with Gasteiger partial charge in [0.25, 0.3) is 0 Å². The molecule has 0 saturated heterocycles. The van der Waals surface area contributed by atoms with Gasteiger partial charge in [0.2, 0.25) is 5.28 Å². The lowest BCUT2D eigenvalue weighted by Gasteiger charge is -2.04. The summed E-state index contributed by atoms with van der Waals surface area (Å²) < 4.78 is 0. The molecule has 15 heavy (non-hydrogen) atoms. The fourth-order valence-corrected chi connectivity index (χ4v) is 1.67. The van der Waals surface area contributed by atoms with Crippen molar-refractivity contribution in [1.29, 1.82) is 0 Å². The van der Waals surface area contributed by atoms with E-state index in [0.29, 0.717) is 5.02 Å². The van der Waals surface area contributed by atoms with E-state index < -0.39 is 0 Å². The highest BCUT2D eigenvalue weighted by Crippen LogP contribution is 2.24. The number of hydrogen-bond donors (Lipinski definition) is 0. The van der Waals surface area contributed by atoms with Crippen LogP contribution in [0.5, 0.6) is 0 Å². The van der Waals surface area contributed by atoms with Crippen LogP contribution in [0.4, 0.5) is 0 Å². The van der Waals surface area contributed by atoms with E-state index in [-0.39, 0.29) is 5.28 Å². The standard InChI is InChI=1S/C11H8Cl2N2/c1-7-6-14-11(13)15-10(7)8-3-2-4-9(12)5-8/h2-6H,1H3. The fourth-order valence-electron chi connectivity index (χ4n) is 1.35. The topological polar surface area (TPSA) is 25.8 Å². The summed E-state index contributed by atoms with van der Waals surface area (Å²) >= 11 is 11.7. The SMILES string of the molecule is Cc1cnc(Cl)nc1-c1cccc(Cl)c1. The smallest absolute Gasteiger partial charge is 0.222 e. The Hall–Kier alpha value is -1.12. The van der Waals surface area contributed by atoms with Crippen LogP contribution in [0, 0.1) is 6.92 Å². The lowest BCUT2D eigenvalue weighted by Crippen LogP contribution is -1.91. The molecule has 0 aliphatic carbocycles. The molecule has 0 spiro atoms. The van der Waals surface area contributed by atoms with Crippen LogP contribution in [0.2, 0.25) is 10.3 Å². The van der Waals surface area contributed by atoms with Crippen molar-refractivity contribution < 1.29 is 0 Å². The van der Waals surface area contributed by atoms with Gasteiger partial charge < -0.3 is 0 Å². The third-order valence-electron chi connectivity index (χ3n) is 2.04. The second-order valence-electron chi connectivity index (χ2n) is 3.18. The number of aryl methyl sites for hydroxylation is 1. The second-order valence-corrected chi connectivity index (χ2v) is 3.96. The van der Waals surface area contributed by atoms with Crippen molar-refractivity contribution in [3.63, 3.8) is 0 Å². The normalized spacial score (nSPS) is 10.3. The minimum atomic E-state index is 0.246. The molecule has 2 rings (SSSR count). The molecule has 0 aliphatic rings. The van der Waals surface area contributed by atoms with Crippen molar-refractivity contribution in [3.8, 4) is 11.3 Å². The lowest BCUT2D eigenvalue weighted by molar-refractivity contribution is 1.13. The van der Waals surface area contributed by atoms with Crippen molar-refractivity contribution in [2.45, 2.75) is 6.92 Å². The van der Waals surface area contributed by atoms with Crippen molar-refractivity contribution in [3.05, 3.63) is 46.3 Å². The number of halogens is 2. The molecule has 76 valence electrons. The summed E-state index contributed by atoms with van der Waals surface area (Å²) in [5, 5.41) is 0.928. The number of hydrogen-bond acceptors (Lipinski definition) is 2. The summed E-state index contributed by atoms with van der Waals surface area (Å²) in [6, 6.07) is 7.50. The van der Waals surface area contributed by atoms with Gasteiger partial charge in [-0.05, 0) is 36.2 Å². The minimum Gasteiger partial charge on any atom is -0.226 e. The monoisotopic (exact) mass is 238 g/mol. The van der Waals surface area contributed by atoms with Crippen molar-refractivity contribution in [2.24, 2.45) is 0 Å². The first kappa shape index (κ1) is 10.4. The van der Waals surface area contributed by atoms with Gasteiger partial charge in [-0.25, -0.2) is 9.97 Å². The average Bonchev–Trinajstić information content (AvgIpc) is 2.22. The molecule has 0 radical (unpaired) electrons. The Morgan fingerprint density at radius 3 is 2.73 bits per heavy atom. The van der Waals surface area contributed by atoms with Crippen molar-refractivity contribution in [2.75, 3.05) is 0 Å². The number of benzene rings is 1. The zero-order valence-corrected chi connectivity index (χ0v) is 9.55. The molecule has 2 nitrogen and oxygen atoms in total. The molecule has 0 atom stereocenters. The number of rotatable bonds is 1. The lowest BCUT2D eigenvalue weighted by atomic mass is 10.1. The van der Waals surface area contributed by atoms with E-state index in [2.05, 4.69) is 9.97 Å². The summed E-state index contributed by atoms with van der Waals surface area (Å²) in [5.41, 5.74) is 2.74. The van der Waals surface area contributed by atoms with Gasteiger partial charge in [0, 0.05) is 16.8 Å². The highest BCUT2D eigenvalue weighted by Gasteiger charge is 2.05. The zero-order chi connectivity index (χ0) is 10.8. The first-order chi connectivity index (χ1) is 7.16. The largest absolute Gasteiger partial charge is 0.226 e. The maximum absolute atomic E-state index is 5.91. The highest BCUT2D eigenvalue weighted by atomic mass is 35.5. The first-order valence-electron chi connectivity index (χ1n) is 4.42. The van der Waals surface area contributed by atoms with Crippen molar-refractivity contribution in [1.82, 2.24) is 9.97 Å². The van der Waals surface area contributed by atoms with Crippen LogP contribution in [0.25, 0.3) is 11.3 Å². The molecule has 0 N–H and O–H groups in total. The maximum Gasteiger partial charge on any atom is 0.222 e. The predicted molar refractivity (Wildman–Crippen MR) is 62.2 cm³/mol. The summed E-state index contributed by atoms with van der Waals surface area (Å²) in [6.07, 6.45) is 1.70. The summed E-state index contributed by atoms with van der Waals surface area (Å²) in [5.74, 6) is 0.